The van der Waals surface area contributed by atoms with Gasteiger partial charge in [0, 0.05) is 26.3 Å². The highest BCUT2D eigenvalue weighted by atomic mass is 16.5. The minimum atomic E-state index is -0.224. The summed E-state index contributed by atoms with van der Waals surface area (Å²) < 4.78 is 5.62. The molecule has 0 bridgehead atoms. The minimum Gasteiger partial charge on any atom is -0.485 e. The van der Waals surface area contributed by atoms with Crippen LogP contribution in [-0.2, 0) is 0 Å². The van der Waals surface area contributed by atoms with E-state index in [4.69, 9.17) is 4.74 Å². The van der Waals surface area contributed by atoms with Crippen molar-refractivity contribution in [3.05, 3.63) is 24.0 Å². The molecule has 0 saturated carbocycles. The van der Waals surface area contributed by atoms with Gasteiger partial charge in [-0.3, -0.25) is 4.79 Å². The number of carbonyl (C=O) groups excluding carboxylic acids is 1. The molecule has 5 heteroatoms. The number of nitrogens with zero attached hydrogens (tertiary/aromatic N) is 1. The Hall–Kier alpha value is -1.62. The highest BCUT2D eigenvalue weighted by Crippen LogP contribution is 2.17. The number of aromatic nitrogens is 1. The highest BCUT2D eigenvalue weighted by Gasteiger charge is 2.21. The van der Waals surface area contributed by atoms with Gasteiger partial charge in [-0.25, -0.2) is 4.98 Å². The van der Waals surface area contributed by atoms with Crippen LogP contribution >= 0.6 is 0 Å². The topological polar surface area (TPSA) is 63.2 Å². The zero-order valence-corrected chi connectivity index (χ0v) is 8.49. The average Bonchev–Trinajstić information content (AvgIpc) is 2.23. The van der Waals surface area contributed by atoms with Crippen LogP contribution in [0.1, 0.15) is 10.5 Å². The van der Waals surface area contributed by atoms with Crippen LogP contribution in [0.25, 0.3) is 0 Å². The molecule has 1 aromatic heterocycles. The second kappa shape index (κ2) is 4.27. The monoisotopic (exact) mass is 207 g/mol. The summed E-state index contributed by atoms with van der Waals surface area (Å²) in [6.07, 6.45) is 1.73. The molecule has 0 aliphatic carbocycles. The van der Waals surface area contributed by atoms with Gasteiger partial charge in [-0.1, -0.05) is 0 Å². The Morgan fingerprint density at radius 1 is 1.67 bits per heavy atom. The molecular weight excluding hydrogens is 194 g/mol. The molecule has 1 saturated heterocycles. The number of carbonyl (C=O) groups is 1. The van der Waals surface area contributed by atoms with Crippen molar-refractivity contribution in [1.29, 1.82) is 0 Å². The van der Waals surface area contributed by atoms with Crippen molar-refractivity contribution in [1.82, 2.24) is 15.6 Å². The van der Waals surface area contributed by atoms with Gasteiger partial charge in [-0.05, 0) is 12.1 Å². The zero-order valence-electron chi connectivity index (χ0n) is 8.49. The molecule has 1 fully saturated rings. The number of pyridine rings is 1. The van der Waals surface area contributed by atoms with Gasteiger partial charge >= 0.3 is 0 Å². The van der Waals surface area contributed by atoms with Crippen LogP contribution in [0.2, 0.25) is 0 Å². The van der Waals surface area contributed by atoms with Crippen molar-refractivity contribution in [2.75, 3.05) is 20.1 Å². The van der Waals surface area contributed by atoms with Gasteiger partial charge in [0.2, 0.25) is 0 Å². The lowest BCUT2D eigenvalue weighted by molar-refractivity contribution is 0.0941. The molecule has 0 unspecified atom stereocenters. The first-order chi connectivity index (χ1) is 7.31. The highest BCUT2D eigenvalue weighted by molar-refractivity contribution is 5.94. The molecule has 80 valence electrons. The maximum Gasteiger partial charge on any atom is 0.273 e. The summed E-state index contributed by atoms with van der Waals surface area (Å²) in [5.41, 5.74) is 0.340. The molecule has 1 amide bonds. The summed E-state index contributed by atoms with van der Waals surface area (Å²) in [7, 11) is 1.58. The van der Waals surface area contributed by atoms with Gasteiger partial charge < -0.3 is 15.4 Å². The number of amides is 1. The largest absolute Gasteiger partial charge is 0.485 e. The van der Waals surface area contributed by atoms with Crippen molar-refractivity contribution in [2.45, 2.75) is 6.10 Å². The van der Waals surface area contributed by atoms with E-state index < -0.39 is 0 Å². The van der Waals surface area contributed by atoms with Crippen LogP contribution in [0.5, 0.6) is 5.75 Å². The van der Waals surface area contributed by atoms with Crippen molar-refractivity contribution < 1.29 is 9.53 Å². The van der Waals surface area contributed by atoms with E-state index in [1.807, 2.05) is 0 Å². The molecule has 1 aromatic rings. The maximum atomic E-state index is 11.5. The standard InChI is InChI=1S/C10H13N3O2/c1-11-10(14)9-8(3-2-4-13-9)15-7-5-12-6-7/h2-4,7,12H,5-6H2,1H3,(H,11,14). The van der Waals surface area contributed by atoms with Crippen LogP contribution < -0.4 is 15.4 Å². The Morgan fingerprint density at radius 3 is 3.07 bits per heavy atom. The van der Waals surface area contributed by atoms with E-state index in [0.717, 1.165) is 13.1 Å². The van der Waals surface area contributed by atoms with Crippen molar-refractivity contribution in [3.63, 3.8) is 0 Å². The Morgan fingerprint density at radius 2 is 2.47 bits per heavy atom. The van der Waals surface area contributed by atoms with E-state index in [2.05, 4.69) is 15.6 Å². The summed E-state index contributed by atoms with van der Waals surface area (Å²) >= 11 is 0. The van der Waals surface area contributed by atoms with Crippen molar-refractivity contribution >= 4 is 5.91 Å². The average molecular weight is 207 g/mol. The molecule has 15 heavy (non-hydrogen) atoms. The molecule has 0 aromatic carbocycles. The fourth-order valence-corrected chi connectivity index (χ4v) is 1.30. The van der Waals surface area contributed by atoms with E-state index >= 15 is 0 Å². The van der Waals surface area contributed by atoms with Crippen molar-refractivity contribution in [2.24, 2.45) is 0 Å². The maximum absolute atomic E-state index is 11.5. The SMILES string of the molecule is CNC(=O)c1ncccc1OC1CNC1. The van der Waals surface area contributed by atoms with Gasteiger partial charge in [-0.15, -0.1) is 0 Å². The molecule has 2 rings (SSSR count). The minimum absolute atomic E-state index is 0.151. The fraction of sp³-hybridized carbons (Fsp3) is 0.400. The lowest BCUT2D eigenvalue weighted by atomic mass is 10.2. The summed E-state index contributed by atoms with van der Waals surface area (Å²) in [6, 6.07) is 3.52. The van der Waals surface area contributed by atoms with E-state index in [0.29, 0.717) is 11.4 Å². The first-order valence-corrected chi connectivity index (χ1v) is 4.85. The van der Waals surface area contributed by atoms with E-state index in [9.17, 15) is 4.79 Å². The predicted octanol–water partition coefficient (Wildman–Crippen LogP) is -0.208. The lowest BCUT2D eigenvalue weighted by Gasteiger charge is -2.28. The van der Waals surface area contributed by atoms with Gasteiger partial charge in [0.15, 0.2) is 11.4 Å². The molecular formula is C10H13N3O2. The molecule has 1 aliphatic heterocycles. The van der Waals surface area contributed by atoms with Crippen LogP contribution in [0.3, 0.4) is 0 Å². The number of nitrogens with one attached hydrogen (secondary N) is 2. The Kier molecular flexibility index (Phi) is 2.82. The fourth-order valence-electron chi connectivity index (χ4n) is 1.30. The van der Waals surface area contributed by atoms with Crippen LogP contribution in [0.15, 0.2) is 18.3 Å². The Labute approximate surface area is 87.8 Å². The van der Waals surface area contributed by atoms with E-state index in [1.165, 1.54) is 0 Å². The van der Waals surface area contributed by atoms with Gasteiger partial charge in [0.05, 0.1) is 0 Å². The predicted molar refractivity (Wildman–Crippen MR) is 54.9 cm³/mol. The normalized spacial score (nSPS) is 15.5. The third kappa shape index (κ3) is 2.07. The third-order valence-electron chi connectivity index (χ3n) is 2.25. The van der Waals surface area contributed by atoms with Gasteiger partial charge in [0.25, 0.3) is 5.91 Å². The summed E-state index contributed by atoms with van der Waals surface area (Å²) in [4.78, 5) is 15.5. The van der Waals surface area contributed by atoms with Crippen LogP contribution in [0, 0.1) is 0 Å². The molecule has 0 atom stereocenters. The van der Waals surface area contributed by atoms with Gasteiger partial charge in [-0.2, -0.15) is 0 Å². The summed E-state index contributed by atoms with van der Waals surface area (Å²) in [5.74, 6) is 0.321. The molecule has 2 N–H and O–H groups in total. The second-order valence-corrected chi connectivity index (χ2v) is 3.33. The molecule has 5 nitrogen and oxygen atoms in total. The Bertz CT molecular complexity index is 363. The lowest BCUT2D eigenvalue weighted by Crippen LogP contribution is -2.50. The van der Waals surface area contributed by atoms with E-state index in [-0.39, 0.29) is 12.0 Å². The first-order valence-electron chi connectivity index (χ1n) is 4.85. The number of hydrogen-bond donors (Lipinski definition) is 2. The number of hydrogen-bond acceptors (Lipinski definition) is 4. The van der Waals surface area contributed by atoms with Crippen molar-refractivity contribution in [3.8, 4) is 5.75 Å². The molecule has 2 heterocycles. The third-order valence-corrected chi connectivity index (χ3v) is 2.25. The number of rotatable bonds is 3. The quantitative estimate of drug-likeness (QED) is 0.720. The zero-order chi connectivity index (χ0) is 10.7. The van der Waals surface area contributed by atoms with Gasteiger partial charge in [0.1, 0.15) is 6.10 Å². The molecule has 0 radical (unpaired) electrons. The summed E-state index contributed by atoms with van der Waals surface area (Å²) in [5, 5.41) is 5.63. The first kappa shape index (κ1) is 9.92. The number of ether oxygens (including phenoxy) is 1. The second-order valence-electron chi connectivity index (χ2n) is 3.33. The summed E-state index contributed by atoms with van der Waals surface area (Å²) in [6.45, 7) is 1.64. The van der Waals surface area contributed by atoms with Crippen LogP contribution in [-0.4, -0.2) is 37.1 Å². The van der Waals surface area contributed by atoms with E-state index in [1.54, 1.807) is 25.4 Å². The molecule has 1 aliphatic rings. The smallest absolute Gasteiger partial charge is 0.273 e. The van der Waals surface area contributed by atoms with Crippen LogP contribution in [0.4, 0.5) is 0 Å². The Balaban J connectivity index is 2.16. The molecule has 0 spiro atoms.